The summed E-state index contributed by atoms with van der Waals surface area (Å²) in [5.74, 6) is 0.898. The highest BCUT2D eigenvalue weighted by Crippen LogP contribution is 2.22. The van der Waals surface area contributed by atoms with Gasteiger partial charge in [-0.3, -0.25) is 0 Å². The third-order valence-corrected chi connectivity index (χ3v) is 5.06. The zero-order valence-electron chi connectivity index (χ0n) is 13.8. The van der Waals surface area contributed by atoms with E-state index in [0.717, 1.165) is 5.56 Å². The standard InChI is InChI=1S/C16H19N5O3S/c1-2-24-14-7-3-4-8-15(14)25(22,23)20-9-5-6-13-10-17-16-18-12-19-21(16)11-13/h3-4,7-8,10-12,20H,2,5-6,9H2,1H3. The second-order valence-electron chi connectivity index (χ2n) is 5.35. The van der Waals surface area contributed by atoms with Gasteiger partial charge >= 0.3 is 0 Å². The lowest BCUT2D eigenvalue weighted by atomic mass is 10.2. The first-order valence-electron chi connectivity index (χ1n) is 7.96. The lowest BCUT2D eigenvalue weighted by Crippen LogP contribution is -2.25. The Morgan fingerprint density at radius 1 is 1.24 bits per heavy atom. The van der Waals surface area contributed by atoms with Gasteiger partial charge in [-0.15, -0.1) is 0 Å². The summed E-state index contributed by atoms with van der Waals surface area (Å²) in [7, 11) is -3.61. The van der Waals surface area contributed by atoms with Gasteiger partial charge in [0.25, 0.3) is 5.78 Å². The highest BCUT2D eigenvalue weighted by Gasteiger charge is 2.18. The monoisotopic (exact) mass is 361 g/mol. The third-order valence-electron chi connectivity index (χ3n) is 3.56. The normalized spacial score (nSPS) is 11.7. The number of nitrogens with zero attached hydrogens (tertiary/aromatic N) is 4. The summed E-state index contributed by atoms with van der Waals surface area (Å²) in [4.78, 5) is 8.32. The van der Waals surface area contributed by atoms with Gasteiger partial charge < -0.3 is 4.74 Å². The number of aromatic nitrogens is 4. The fourth-order valence-electron chi connectivity index (χ4n) is 2.41. The average molecular weight is 361 g/mol. The van der Waals surface area contributed by atoms with E-state index in [2.05, 4.69) is 19.8 Å². The van der Waals surface area contributed by atoms with E-state index in [1.54, 1.807) is 28.9 Å². The molecule has 25 heavy (non-hydrogen) atoms. The summed E-state index contributed by atoms with van der Waals surface area (Å²) in [6, 6.07) is 6.61. The molecule has 0 fully saturated rings. The molecule has 9 heteroatoms. The second-order valence-corrected chi connectivity index (χ2v) is 7.08. The molecule has 0 unspecified atom stereocenters. The van der Waals surface area contributed by atoms with Crippen LogP contribution in [0.15, 0.2) is 47.9 Å². The van der Waals surface area contributed by atoms with E-state index >= 15 is 0 Å². The summed E-state index contributed by atoms with van der Waals surface area (Å²) < 4.78 is 34.5. The minimum Gasteiger partial charge on any atom is -0.492 e. The maximum atomic E-state index is 12.5. The number of aryl methyl sites for hydroxylation is 1. The minimum absolute atomic E-state index is 0.155. The molecule has 2 aromatic heterocycles. The van der Waals surface area contributed by atoms with Crippen LogP contribution in [-0.2, 0) is 16.4 Å². The van der Waals surface area contributed by atoms with Crippen molar-refractivity contribution in [1.29, 1.82) is 0 Å². The molecule has 0 atom stereocenters. The quantitative estimate of drug-likeness (QED) is 0.610. The molecule has 1 aromatic carbocycles. The van der Waals surface area contributed by atoms with E-state index < -0.39 is 10.0 Å². The molecule has 8 nitrogen and oxygen atoms in total. The second kappa shape index (κ2) is 7.58. The molecule has 3 aromatic rings. The molecule has 0 aliphatic carbocycles. The molecule has 2 heterocycles. The van der Waals surface area contributed by atoms with Crippen LogP contribution in [-0.4, -0.2) is 41.2 Å². The molecular weight excluding hydrogens is 342 g/mol. The molecule has 3 rings (SSSR count). The SMILES string of the molecule is CCOc1ccccc1S(=O)(=O)NCCCc1cnc2ncnn2c1. The summed E-state index contributed by atoms with van der Waals surface area (Å²) in [5.41, 5.74) is 0.965. The van der Waals surface area contributed by atoms with Crippen LogP contribution in [0, 0.1) is 0 Å². The Morgan fingerprint density at radius 3 is 2.92 bits per heavy atom. The van der Waals surface area contributed by atoms with E-state index in [9.17, 15) is 8.42 Å². The number of rotatable bonds is 8. The van der Waals surface area contributed by atoms with E-state index in [0.29, 0.717) is 37.5 Å². The largest absolute Gasteiger partial charge is 0.492 e. The number of para-hydroxylation sites is 1. The average Bonchev–Trinajstić information content (AvgIpc) is 3.07. The summed E-state index contributed by atoms with van der Waals surface area (Å²) in [6.45, 7) is 2.54. The molecule has 0 aliphatic rings. The number of hydrogen-bond donors (Lipinski definition) is 1. The van der Waals surface area contributed by atoms with Crippen molar-refractivity contribution in [1.82, 2.24) is 24.3 Å². The molecule has 0 aliphatic heterocycles. The molecule has 1 N–H and O–H groups in total. The Morgan fingerprint density at radius 2 is 2.08 bits per heavy atom. The number of hydrogen-bond acceptors (Lipinski definition) is 6. The predicted octanol–water partition coefficient (Wildman–Crippen LogP) is 1.43. The zero-order chi connectivity index (χ0) is 17.7. The van der Waals surface area contributed by atoms with Gasteiger partial charge in [0.15, 0.2) is 0 Å². The van der Waals surface area contributed by atoms with Crippen molar-refractivity contribution in [3.05, 3.63) is 48.5 Å². The minimum atomic E-state index is -3.61. The van der Waals surface area contributed by atoms with Crippen LogP contribution >= 0.6 is 0 Å². The van der Waals surface area contributed by atoms with Gasteiger partial charge in [-0.2, -0.15) is 10.1 Å². The highest BCUT2D eigenvalue weighted by atomic mass is 32.2. The Balaban J connectivity index is 1.59. The molecular formula is C16H19N5O3S. The van der Waals surface area contributed by atoms with Gasteiger partial charge in [0.05, 0.1) is 6.61 Å². The maximum absolute atomic E-state index is 12.5. The van der Waals surface area contributed by atoms with Crippen molar-refractivity contribution in [3.8, 4) is 5.75 Å². The van der Waals surface area contributed by atoms with Crippen molar-refractivity contribution < 1.29 is 13.2 Å². The Bertz CT molecular complexity index is 955. The fraction of sp³-hybridized carbons (Fsp3) is 0.312. The lowest BCUT2D eigenvalue weighted by Gasteiger charge is -2.11. The van der Waals surface area contributed by atoms with Crippen LogP contribution in [0.2, 0.25) is 0 Å². The number of fused-ring (bicyclic) bond motifs is 1. The molecule has 0 radical (unpaired) electrons. The van der Waals surface area contributed by atoms with E-state index in [1.807, 2.05) is 13.1 Å². The molecule has 132 valence electrons. The Labute approximate surface area is 145 Å². The topological polar surface area (TPSA) is 98.5 Å². The number of sulfonamides is 1. The van der Waals surface area contributed by atoms with Crippen LogP contribution in [0.3, 0.4) is 0 Å². The van der Waals surface area contributed by atoms with Crippen LogP contribution in [0.5, 0.6) is 5.75 Å². The van der Waals surface area contributed by atoms with Crippen LogP contribution in [0.1, 0.15) is 18.9 Å². The molecule has 0 amide bonds. The fourth-order valence-corrected chi connectivity index (χ4v) is 3.63. The Hall–Kier alpha value is -2.52. The van der Waals surface area contributed by atoms with Crippen LogP contribution in [0.25, 0.3) is 5.78 Å². The van der Waals surface area contributed by atoms with E-state index in [1.165, 1.54) is 12.4 Å². The molecule has 0 spiro atoms. The molecule has 0 saturated heterocycles. The van der Waals surface area contributed by atoms with E-state index in [4.69, 9.17) is 4.74 Å². The number of benzene rings is 1. The lowest BCUT2D eigenvalue weighted by molar-refractivity contribution is 0.331. The first-order valence-corrected chi connectivity index (χ1v) is 9.44. The van der Waals surface area contributed by atoms with Crippen LogP contribution < -0.4 is 9.46 Å². The summed E-state index contributed by atoms with van der Waals surface area (Å²) in [6.07, 6.45) is 6.32. The molecule has 0 bridgehead atoms. The summed E-state index contributed by atoms with van der Waals surface area (Å²) >= 11 is 0. The van der Waals surface area contributed by atoms with Crippen molar-refractivity contribution in [2.45, 2.75) is 24.7 Å². The Kier molecular flexibility index (Phi) is 5.25. The zero-order valence-corrected chi connectivity index (χ0v) is 14.6. The van der Waals surface area contributed by atoms with Gasteiger partial charge in [-0.05, 0) is 37.5 Å². The van der Waals surface area contributed by atoms with Crippen molar-refractivity contribution in [2.75, 3.05) is 13.2 Å². The van der Waals surface area contributed by atoms with Crippen molar-refractivity contribution in [3.63, 3.8) is 0 Å². The first kappa shape index (κ1) is 17.3. The van der Waals surface area contributed by atoms with Gasteiger partial charge in [0.1, 0.15) is 17.0 Å². The van der Waals surface area contributed by atoms with Gasteiger partial charge in [0, 0.05) is 18.9 Å². The van der Waals surface area contributed by atoms with Crippen molar-refractivity contribution >= 4 is 15.8 Å². The molecule has 0 saturated carbocycles. The van der Waals surface area contributed by atoms with Gasteiger partial charge in [-0.1, -0.05) is 12.1 Å². The number of ether oxygens (including phenoxy) is 1. The predicted molar refractivity (Wildman–Crippen MR) is 91.9 cm³/mol. The van der Waals surface area contributed by atoms with Gasteiger partial charge in [0.2, 0.25) is 10.0 Å². The number of nitrogens with one attached hydrogen (secondary N) is 1. The highest BCUT2D eigenvalue weighted by molar-refractivity contribution is 7.89. The van der Waals surface area contributed by atoms with E-state index in [-0.39, 0.29) is 4.90 Å². The van der Waals surface area contributed by atoms with Crippen LogP contribution in [0.4, 0.5) is 0 Å². The van der Waals surface area contributed by atoms with Crippen molar-refractivity contribution in [2.24, 2.45) is 0 Å². The summed E-state index contributed by atoms with van der Waals surface area (Å²) in [5, 5.41) is 4.03. The first-order chi connectivity index (χ1) is 12.1. The van der Waals surface area contributed by atoms with Gasteiger partial charge in [-0.25, -0.2) is 22.6 Å². The third kappa shape index (κ3) is 4.12. The smallest absolute Gasteiger partial charge is 0.252 e. The maximum Gasteiger partial charge on any atom is 0.252 e.